The summed E-state index contributed by atoms with van der Waals surface area (Å²) in [5.74, 6) is -0.140. The molecule has 1 heterocycles. The van der Waals surface area contributed by atoms with E-state index in [4.69, 9.17) is 0 Å². The number of carbonyl (C=O) groups excluding carboxylic acids is 1. The van der Waals surface area contributed by atoms with Gasteiger partial charge in [-0.05, 0) is 12.5 Å². The van der Waals surface area contributed by atoms with Crippen LogP contribution in [0.3, 0.4) is 0 Å². The van der Waals surface area contributed by atoms with E-state index in [1.54, 1.807) is 17.0 Å². The van der Waals surface area contributed by atoms with Gasteiger partial charge in [0.05, 0.1) is 4.92 Å². The highest BCUT2D eigenvalue weighted by molar-refractivity contribution is 5.94. The fourth-order valence-electron chi connectivity index (χ4n) is 2.47. The molecule has 1 saturated heterocycles. The van der Waals surface area contributed by atoms with E-state index in [1.807, 2.05) is 6.08 Å². The van der Waals surface area contributed by atoms with Crippen LogP contribution in [-0.4, -0.2) is 53.4 Å². The molecule has 0 atom stereocenters. The molecular formula is C15H19N3O3. The monoisotopic (exact) mass is 289 g/mol. The molecule has 2 rings (SSSR count). The summed E-state index contributed by atoms with van der Waals surface area (Å²) in [6.07, 6.45) is 2.76. The molecule has 0 aromatic heterocycles. The van der Waals surface area contributed by atoms with Crippen LogP contribution in [0, 0.1) is 10.1 Å². The normalized spacial score (nSPS) is 16.3. The molecular weight excluding hydrogens is 270 g/mol. The zero-order chi connectivity index (χ0) is 15.2. The molecule has 1 fully saturated rings. The van der Waals surface area contributed by atoms with E-state index in [0.29, 0.717) is 18.7 Å². The minimum Gasteiger partial charge on any atom is -0.337 e. The molecule has 0 aliphatic carbocycles. The Morgan fingerprint density at radius 3 is 2.86 bits per heavy atom. The standard InChI is InChI=1S/C15H19N3O3/c1-2-7-16-8-4-9-17(11-10-16)15(19)13-5-3-6-14(12-13)18(20)21/h2-3,5-6,12H,1,4,7-11H2. The largest absolute Gasteiger partial charge is 0.337 e. The molecule has 6 nitrogen and oxygen atoms in total. The first-order chi connectivity index (χ1) is 10.1. The molecule has 1 aromatic carbocycles. The lowest BCUT2D eigenvalue weighted by Crippen LogP contribution is -2.35. The van der Waals surface area contributed by atoms with Crippen molar-refractivity contribution in [2.45, 2.75) is 6.42 Å². The lowest BCUT2D eigenvalue weighted by Gasteiger charge is -2.21. The van der Waals surface area contributed by atoms with E-state index >= 15 is 0 Å². The van der Waals surface area contributed by atoms with Gasteiger partial charge < -0.3 is 4.90 Å². The van der Waals surface area contributed by atoms with Crippen LogP contribution >= 0.6 is 0 Å². The Balaban J connectivity index is 2.07. The van der Waals surface area contributed by atoms with Crippen molar-refractivity contribution >= 4 is 11.6 Å². The van der Waals surface area contributed by atoms with E-state index in [1.165, 1.54) is 12.1 Å². The molecule has 6 heteroatoms. The number of rotatable bonds is 4. The van der Waals surface area contributed by atoms with Crippen molar-refractivity contribution in [1.29, 1.82) is 0 Å². The Morgan fingerprint density at radius 2 is 2.14 bits per heavy atom. The van der Waals surface area contributed by atoms with Gasteiger partial charge in [0.2, 0.25) is 0 Å². The highest BCUT2D eigenvalue weighted by Crippen LogP contribution is 2.16. The van der Waals surface area contributed by atoms with Crippen LogP contribution in [0.5, 0.6) is 0 Å². The number of nitro groups is 1. The zero-order valence-electron chi connectivity index (χ0n) is 11.9. The summed E-state index contributed by atoms with van der Waals surface area (Å²) in [5.41, 5.74) is 0.324. The number of carbonyl (C=O) groups is 1. The summed E-state index contributed by atoms with van der Waals surface area (Å²) in [7, 11) is 0. The molecule has 0 spiro atoms. The van der Waals surface area contributed by atoms with Gasteiger partial charge in [-0.25, -0.2) is 0 Å². The lowest BCUT2D eigenvalue weighted by atomic mass is 10.1. The van der Waals surface area contributed by atoms with Gasteiger partial charge in [0, 0.05) is 50.4 Å². The Bertz CT molecular complexity index is 545. The first-order valence-electron chi connectivity index (χ1n) is 6.99. The van der Waals surface area contributed by atoms with Gasteiger partial charge >= 0.3 is 0 Å². The third kappa shape index (κ3) is 3.88. The van der Waals surface area contributed by atoms with Crippen LogP contribution in [0.4, 0.5) is 5.69 Å². The molecule has 0 radical (unpaired) electrons. The quantitative estimate of drug-likeness (QED) is 0.482. The first kappa shape index (κ1) is 15.2. The van der Waals surface area contributed by atoms with E-state index in [9.17, 15) is 14.9 Å². The number of amides is 1. The summed E-state index contributed by atoms with van der Waals surface area (Å²) >= 11 is 0. The van der Waals surface area contributed by atoms with Crippen LogP contribution in [0.2, 0.25) is 0 Å². The maximum absolute atomic E-state index is 12.5. The third-order valence-electron chi connectivity index (χ3n) is 3.57. The molecule has 0 bridgehead atoms. The van der Waals surface area contributed by atoms with Crippen LogP contribution in [0.25, 0.3) is 0 Å². The Hall–Kier alpha value is -2.21. The van der Waals surface area contributed by atoms with Crippen molar-refractivity contribution in [3.63, 3.8) is 0 Å². The van der Waals surface area contributed by atoms with Gasteiger partial charge in [-0.3, -0.25) is 19.8 Å². The Labute approximate surface area is 123 Å². The predicted octanol–water partition coefficient (Wildman–Crippen LogP) is 1.93. The highest BCUT2D eigenvalue weighted by atomic mass is 16.6. The molecule has 0 saturated carbocycles. The molecule has 1 aliphatic heterocycles. The first-order valence-corrected chi connectivity index (χ1v) is 6.99. The Kier molecular flexibility index (Phi) is 5.05. The number of hydrogen-bond acceptors (Lipinski definition) is 4. The van der Waals surface area contributed by atoms with Crippen molar-refractivity contribution < 1.29 is 9.72 Å². The molecule has 112 valence electrons. The number of hydrogen-bond donors (Lipinski definition) is 0. The van der Waals surface area contributed by atoms with Crippen LogP contribution in [0.1, 0.15) is 16.8 Å². The van der Waals surface area contributed by atoms with Gasteiger partial charge in [-0.15, -0.1) is 6.58 Å². The lowest BCUT2D eigenvalue weighted by molar-refractivity contribution is -0.384. The number of non-ortho nitro benzene ring substituents is 1. The van der Waals surface area contributed by atoms with E-state index in [-0.39, 0.29) is 11.6 Å². The SMILES string of the molecule is C=CCN1CCCN(C(=O)c2cccc([N+](=O)[O-])c2)CC1. The highest BCUT2D eigenvalue weighted by Gasteiger charge is 2.21. The van der Waals surface area contributed by atoms with E-state index in [0.717, 1.165) is 26.1 Å². The number of nitro benzene ring substituents is 1. The summed E-state index contributed by atoms with van der Waals surface area (Å²) in [6.45, 7) is 7.59. The van der Waals surface area contributed by atoms with Crippen LogP contribution in [-0.2, 0) is 0 Å². The zero-order valence-corrected chi connectivity index (χ0v) is 11.9. The van der Waals surface area contributed by atoms with Gasteiger partial charge in [0.25, 0.3) is 11.6 Å². The van der Waals surface area contributed by atoms with Gasteiger partial charge in [-0.1, -0.05) is 12.1 Å². The predicted molar refractivity (Wildman–Crippen MR) is 80.3 cm³/mol. The summed E-state index contributed by atoms with van der Waals surface area (Å²) in [4.78, 5) is 26.8. The van der Waals surface area contributed by atoms with Crippen molar-refractivity contribution in [2.24, 2.45) is 0 Å². The average molecular weight is 289 g/mol. The minimum atomic E-state index is -0.481. The second-order valence-electron chi connectivity index (χ2n) is 5.04. The molecule has 1 aliphatic rings. The maximum atomic E-state index is 12.5. The maximum Gasteiger partial charge on any atom is 0.270 e. The summed E-state index contributed by atoms with van der Waals surface area (Å²) in [5, 5.41) is 10.8. The second-order valence-corrected chi connectivity index (χ2v) is 5.04. The van der Waals surface area contributed by atoms with Gasteiger partial charge in [0.1, 0.15) is 0 Å². The number of benzene rings is 1. The van der Waals surface area contributed by atoms with Gasteiger partial charge in [0.15, 0.2) is 0 Å². The van der Waals surface area contributed by atoms with Crippen molar-refractivity contribution in [3.05, 3.63) is 52.6 Å². The van der Waals surface area contributed by atoms with Crippen LogP contribution in [0.15, 0.2) is 36.9 Å². The molecule has 1 aromatic rings. The molecule has 0 unspecified atom stereocenters. The van der Waals surface area contributed by atoms with Crippen molar-refractivity contribution in [2.75, 3.05) is 32.7 Å². The fourth-order valence-corrected chi connectivity index (χ4v) is 2.47. The molecule has 1 amide bonds. The van der Waals surface area contributed by atoms with Crippen molar-refractivity contribution in [3.8, 4) is 0 Å². The third-order valence-corrected chi connectivity index (χ3v) is 3.57. The topological polar surface area (TPSA) is 66.7 Å². The second kappa shape index (κ2) is 6.99. The van der Waals surface area contributed by atoms with E-state index in [2.05, 4.69) is 11.5 Å². The van der Waals surface area contributed by atoms with Crippen molar-refractivity contribution in [1.82, 2.24) is 9.80 Å². The van der Waals surface area contributed by atoms with Gasteiger partial charge in [-0.2, -0.15) is 0 Å². The fraction of sp³-hybridized carbons (Fsp3) is 0.400. The number of nitrogens with zero attached hydrogens (tertiary/aromatic N) is 3. The molecule has 0 N–H and O–H groups in total. The van der Waals surface area contributed by atoms with E-state index < -0.39 is 4.92 Å². The smallest absolute Gasteiger partial charge is 0.270 e. The average Bonchev–Trinajstić information content (AvgIpc) is 2.73. The van der Waals surface area contributed by atoms with Crippen LogP contribution < -0.4 is 0 Å². The molecule has 21 heavy (non-hydrogen) atoms. The Morgan fingerprint density at radius 1 is 1.33 bits per heavy atom. The summed E-state index contributed by atoms with van der Waals surface area (Å²) < 4.78 is 0. The minimum absolute atomic E-state index is 0.0519. The summed E-state index contributed by atoms with van der Waals surface area (Å²) in [6, 6.07) is 5.91.